The number of hydrogen-bond donors (Lipinski definition) is 2. The molecular weight excluding hydrogens is 564 g/mol. The fourth-order valence-corrected chi connectivity index (χ4v) is 4.81. The third kappa shape index (κ3) is 33.0. The van der Waals surface area contributed by atoms with E-state index in [0.717, 1.165) is 70.1 Å². The number of ether oxygens (including phenoxy) is 2. The fraction of sp³-hybridized carbons (Fsp3) is 0.744. The van der Waals surface area contributed by atoms with Gasteiger partial charge in [0.1, 0.15) is 6.61 Å². The molecule has 6 heteroatoms. The molecule has 0 unspecified atom stereocenters. The van der Waals surface area contributed by atoms with E-state index in [1.54, 1.807) is 0 Å². The van der Waals surface area contributed by atoms with E-state index in [1.807, 2.05) is 12.2 Å². The monoisotopic (exact) mass is 633 g/mol. The van der Waals surface area contributed by atoms with Crippen molar-refractivity contribution in [2.45, 2.75) is 168 Å². The summed E-state index contributed by atoms with van der Waals surface area (Å²) < 4.78 is 10.5. The Hall–Kier alpha value is -2.18. The summed E-state index contributed by atoms with van der Waals surface area (Å²) in [5, 5.41) is 19.3. The third-order valence-corrected chi connectivity index (χ3v) is 7.62. The SMILES string of the molecule is CCCC[C@H](O)/C=C\C/C=C\C/C=C\C/C=C\CCCC(=O)OC[C@H](CO)OC(=O)CCCCCCCCCCCCC(C)C. The van der Waals surface area contributed by atoms with E-state index in [2.05, 4.69) is 57.2 Å². The molecule has 0 bridgehead atoms. The van der Waals surface area contributed by atoms with Crippen molar-refractivity contribution < 1.29 is 29.3 Å². The fourth-order valence-electron chi connectivity index (χ4n) is 4.81. The molecule has 0 fully saturated rings. The smallest absolute Gasteiger partial charge is 0.306 e. The number of unbranched alkanes of at least 4 members (excludes halogenated alkanes) is 11. The maximum absolute atomic E-state index is 12.1. The number of rotatable bonds is 31. The molecule has 0 amide bonds. The van der Waals surface area contributed by atoms with Crippen molar-refractivity contribution in [1.82, 2.24) is 0 Å². The van der Waals surface area contributed by atoms with Crippen LogP contribution in [0.1, 0.15) is 156 Å². The first-order valence-corrected chi connectivity index (χ1v) is 18.1. The van der Waals surface area contributed by atoms with Gasteiger partial charge in [0.15, 0.2) is 6.10 Å². The van der Waals surface area contributed by atoms with Crippen molar-refractivity contribution in [2.75, 3.05) is 13.2 Å². The highest BCUT2D eigenvalue weighted by Crippen LogP contribution is 2.14. The van der Waals surface area contributed by atoms with Crippen LogP contribution in [-0.4, -0.2) is 47.6 Å². The molecule has 0 aliphatic rings. The van der Waals surface area contributed by atoms with Gasteiger partial charge in [-0.3, -0.25) is 9.59 Å². The van der Waals surface area contributed by atoms with Crippen LogP contribution in [0.15, 0.2) is 48.6 Å². The highest BCUT2D eigenvalue weighted by atomic mass is 16.6. The summed E-state index contributed by atoms with van der Waals surface area (Å²) in [5.41, 5.74) is 0. The zero-order chi connectivity index (χ0) is 33.2. The molecule has 6 nitrogen and oxygen atoms in total. The van der Waals surface area contributed by atoms with Crippen molar-refractivity contribution in [2.24, 2.45) is 5.92 Å². The van der Waals surface area contributed by atoms with Crippen molar-refractivity contribution in [3.05, 3.63) is 48.6 Å². The molecular formula is C39H68O6. The van der Waals surface area contributed by atoms with E-state index in [0.29, 0.717) is 19.3 Å². The van der Waals surface area contributed by atoms with E-state index in [-0.39, 0.29) is 31.3 Å². The van der Waals surface area contributed by atoms with Gasteiger partial charge in [0.2, 0.25) is 0 Å². The first-order chi connectivity index (χ1) is 21.9. The molecule has 0 radical (unpaired) electrons. The highest BCUT2D eigenvalue weighted by Gasteiger charge is 2.16. The molecule has 260 valence electrons. The van der Waals surface area contributed by atoms with Gasteiger partial charge in [0, 0.05) is 12.8 Å². The molecule has 0 aliphatic carbocycles. The Morgan fingerprint density at radius 1 is 0.644 bits per heavy atom. The van der Waals surface area contributed by atoms with Gasteiger partial charge in [-0.25, -0.2) is 0 Å². The zero-order valence-corrected chi connectivity index (χ0v) is 29.1. The van der Waals surface area contributed by atoms with Crippen LogP contribution in [0.2, 0.25) is 0 Å². The van der Waals surface area contributed by atoms with Crippen molar-refractivity contribution in [1.29, 1.82) is 0 Å². The molecule has 0 saturated heterocycles. The second-order valence-corrected chi connectivity index (χ2v) is 12.6. The van der Waals surface area contributed by atoms with Gasteiger partial charge in [-0.2, -0.15) is 0 Å². The number of hydrogen-bond acceptors (Lipinski definition) is 6. The van der Waals surface area contributed by atoms with E-state index in [1.165, 1.54) is 51.4 Å². The molecule has 0 rings (SSSR count). The van der Waals surface area contributed by atoms with Gasteiger partial charge in [-0.15, -0.1) is 0 Å². The van der Waals surface area contributed by atoms with Gasteiger partial charge in [0.25, 0.3) is 0 Å². The molecule has 0 spiro atoms. The summed E-state index contributed by atoms with van der Waals surface area (Å²) in [6, 6.07) is 0. The van der Waals surface area contributed by atoms with Crippen LogP contribution >= 0.6 is 0 Å². The van der Waals surface area contributed by atoms with Crippen molar-refractivity contribution >= 4 is 11.9 Å². The maximum atomic E-state index is 12.1. The minimum Gasteiger partial charge on any atom is -0.462 e. The van der Waals surface area contributed by atoms with Gasteiger partial charge >= 0.3 is 11.9 Å². The summed E-state index contributed by atoms with van der Waals surface area (Å²) >= 11 is 0. The van der Waals surface area contributed by atoms with Crippen LogP contribution in [0.3, 0.4) is 0 Å². The Labute approximate surface area is 276 Å². The van der Waals surface area contributed by atoms with E-state index in [9.17, 15) is 19.8 Å². The molecule has 2 atom stereocenters. The number of carbonyl (C=O) groups is 2. The van der Waals surface area contributed by atoms with Crippen LogP contribution in [0.4, 0.5) is 0 Å². The minimum atomic E-state index is -0.802. The number of esters is 2. The lowest BCUT2D eigenvalue weighted by Gasteiger charge is -2.15. The summed E-state index contributed by atoms with van der Waals surface area (Å²) in [4.78, 5) is 24.1. The largest absolute Gasteiger partial charge is 0.462 e. The highest BCUT2D eigenvalue weighted by molar-refractivity contribution is 5.70. The minimum absolute atomic E-state index is 0.106. The summed E-state index contributed by atoms with van der Waals surface area (Å²) in [7, 11) is 0. The average molecular weight is 633 g/mol. The molecule has 0 aromatic heterocycles. The lowest BCUT2D eigenvalue weighted by Crippen LogP contribution is -2.28. The molecule has 0 heterocycles. The van der Waals surface area contributed by atoms with Crippen LogP contribution in [-0.2, 0) is 19.1 Å². The first kappa shape index (κ1) is 42.8. The van der Waals surface area contributed by atoms with Crippen LogP contribution in [0.25, 0.3) is 0 Å². The van der Waals surface area contributed by atoms with Gasteiger partial charge < -0.3 is 19.7 Å². The summed E-state index contributed by atoms with van der Waals surface area (Å²) in [6.07, 6.45) is 36.5. The summed E-state index contributed by atoms with van der Waals surface area (Å²) in [6.45, 7) is 6.24. The number of allylic oxidation sites excluding steroid dienone is 7. The maximum Gasteiger partial charge on any atom is 0.306 e. The normalized spacial score (nSPS) is 13.6. The lowest BCUT2D eigenvalue weighted by atomic mass is 10.0. The quantitative estimate of drug-likeness (QED) is 0.0449. The number of carbonyl (C=O) groups excluding carboxylic acids is 2. The number of aliphatic hydroxyl groups is 2. The third-order valence-electron chi connectivity index (χ3n) is 7.62. The van der Waals surface area contributed by atoms with Gasteiger partial charge in [0.05, 0.1) is 12.7 Å². The van der Waals surface area contributed by atoms with Crippen molar-refractivity contribution in [3.8, 4) is 0 Å². The topological polar surface area (TPSA) is 93.1 Å². The number of aliphatic hydroxyl groups excluding tert-OH is 2. The predicted molar refractivity (Wildman–Crippen MR) is 188 cm³/mol. The molecule has 0 aromatic carbocycles. The van der Waals surface area contributed by atoms with Gasteiger partial charge in [-0.1, -0.05) is 146 Å². The molecule has 45 heavy (non-hydrogen) atoms. The van der Waals surface area contributed by atoms with Crippen LogP contribution in [0.5, 0.6) is 0 Å². The van der Waals surface area contributed by atoms with Crippen LogP contribution in [0, 0.1) is 5.92 Å². The Morgan fingerprint density at radius 2 is 1.18 bits per heavy atom. The standard InChI is InChI=1S/C39H68O6/c1-4-5-29-36(41)30-25-21-17-13-8-6-7-9-14-18-22-26-31-38(42)44-34-37(33-40)45-39(43)32-27-23-19-15-11-10-12-16-20-24-28-35(2)3/h6-7,13-14,17-18,25,30,35-37,40-41H,4-5,8-12,15-16,19-24,26-29,31-34H2,1-3H3/b7-6-,17-13-,18-14-,30-25-/t36-,37-/m0/s1. The average Bonchev–Trinajstić information content (AvgIpc) is 3.02. The van der Waals surface area contributed by atoms with E-state index >= 15 is 0 Å². The Morgan fingerprint density at radius 3 is 1.76 bits per heavy atom. The molecule has 0 saturated carbocycles. The molecule has 0 aliphatic heterocycles. The van der Waals surface area contributed by atoms with Gasteiger partial charge in [-0.05, 0) is 50.9 Å². The Kier molecular flexibility index (Phi) is 31.6. The Bertz CT molecular complexity index is 797. The van der Waals surface area contributed by atoms with E-state index in [4.69, 9.17) is 9.47 Å². The zero-order valence-electron chi connectivity index (χ0n) is 29.1. The predicted octanol–water partition coefficient (Wildman–Crippen LogP) is 9.89. The molecule has 2 N–H and O–H groups in total. The lowest BCUT2D eigenvalue weighted by molar-refractivity contribution is -0.161. The second-order valence-electron chi connectivity index (χ2n) is 12.6. The Balaban J connectivity index is 3.73. The van der Waals surface area contributed by atoms with E-state index < -0.39 is 6.10 Å². The second kappa shape index (κ2) is 33.2. The summed E-state index contributed by atoms with van der Waals surface area (Å²) in [5.74, 6) is 0.135. The van der Waals surface area contributed by atoms with Crippen molar-refractivity contribution in [3.63, 3.8) is 0 Å². The molecule has 0 aromatic rings. The van der Waals surface area contributed by atoms with Crippen LogP contribution < -0.4 is 0 Å². The first-order valence-electron chi connectivity index (χ1n) is 18.1.